The van der Waals surface area contributed by atoms with Crippen LogP contribution in [0, 0.1) is 0 Å². The summed E-state index contributed by atoms with van der Waals surface area (Å²) >= 11 is 0. The van der Waals surface area contributed by atoms with Crippen LogP contribution in [0.2, 0.25) is 0 Å². The Hall–Kier alpha value is -2.30. The van der Waals surface area contributed by atoms with Gasteiger partial charge in [0.2, 0.25) is 5.91 Å². The third-order valence-electron chi connectivity index (χ3n) is 2.93. The number of nitrogen functional groups attached to an aromatic ring is 1. The summed E-state index contributed by atoms with van der Waals surface area (Å²) in [5, 5.41) is 0. The predicted octanol–water partition coefficient (Wildman–Crippen LogP) is 1.61. The van der Waals surface area contributed by atoms with E-state index in [1.54, 1.807) is 25.2 Å². The van der Waals surface area contributed by atoms with Crippen molar-refractivity contribution in [2.45, 2.75) is 13.0 Å². The van der Waals surface area contributed by atoms with Crippen LogP contribution in [0.25, 0.3) is 11.4 Å². The third kappa shape index (κ3) is 3.13. The van der Waals surface area contributed by atoms with E-state index >= 15 is 0 Å². The molecule has 0 spiro atoms. The first kappa shape index (κ1) is 13.1. The van der Waals surface area contributed by atoms with Gasteiger partial charge in [0.05, 0.1) is 0 Å². The van der Waals surface area contributed by atoms with Crippen molar-refractivity contribution in [2.75, 3.05) is 19.8 Å². The Bertz CT molecular complexity index is 574. The van der Waals surface area contributed by atoms with E-state index < -0.39 is 0 Å². The molecule has 2 N–H and O–H groups in total. The van der Waals surface area contributed by atoms with Gasteiger partial charge >= 0.3 is 0 Å². The summed E-state index contributed by atoms with van der Waals surface area (Å²) in [4.78, 5) is 17.5. The zero-order chi connectivity index (χ0) is 13.8. The first-order chi connectivity index (χ1) is 9.08. The van der Waals surface area contributed by atoms with Crippen LogP contribution in [0.5, 0.6) is 0 Å². The summed E-state index contributed by atoms with van der Waals surface area (Å²) in [6, 6.07) is 7.58. The van der Waals surface area contributed by atoms with E-state index in [2.05, 4.69) is 4.98 Å². The molecule has 0 saturated heterocycles. The summed E-state index contributed by atoms with van der Waals surface area (Å²) in [6.07, 6.45) is 4.07. The van der Waals surface area contributed by atoms with Gasteiger partial charge in [-0.25, -0.2) is 4.98 Å². The zero-order valence-electron chi connectivity index (χ0n) is 11.2. The van der Waals surface area contributed by atoms with E-state index in [-0.39, 0.29) is 5.91 Å². The Labute approximate surface area is 112 Å². The van der Waals surface area contributed by atoms with Gasteiger partial charge in [0.1, 0.15) is 5.82 Å². The van der Waals surface area contributed by atoms with E-state index in [1.165, 1.54) is 0 Å². The monoisotopic (exact) mass is 258 g/mol. The Balaban J connectivity index is 2.16. The maximum Gasteiger partial charge on any atom is 0.223 e. The average molecular weight is 258 g/mol. The molecule has 0 atom stereocenters. The molecule has 0 aliphatic carbocycles. The number of anilines is 1. The molecule has 0 unspecified atom stereocenters. The summed E-state index contributed by atoms with van der Waals surface area (Å²) in [5.41, 5.74) is 7.44. The molecule has 2 aromatic rings. The predicted molar refractivity (Wildman–Crippen MR) is 75.4 cm³/mol. The van der Waals surface area contributed by atoms with Crippen molar-refractivity contribution >= 4 is 11.6 Å². The Morgan fingerprint density at radius 1 is 1.42 bits per heavy atom. The van der Waals surface area contributed by atoms with Crippen LogP contribution in [-0.2, 0) is 11.3 Å². The largest absolute Gasteiger partial charge is 0.399 e. The summed E-state index contributed by atoms with van der Waals surface area (Å²) in [6.45, 7) is 0.612. The lowest BCUT2D eigenvalue weighted by molar-refractivity contribution is -0.128. The fraction of sp³-hybridized carbons (Fsp3) is 0.286. The van der Waals surface area contributed by atoms with Gasteiger partial charge in [-0.15, -0.1) is 0 Å². The number of hydrogen-bond acceptors (Lipinski definition) is 3. The molecule has 0 saturated carbocycles. The van der Waals surface area contributed by atoms with Gasteiger partial charge < -0.3 is 15.2 Å². The first-order valence-corrected chi connectivity index (χ1v) is 6.15. The molecule has 0 aliphatic rings. The molecule has 5 nitrogen and oxygen atoms in total. The standard InChI is InChI=1S/C14H18N4O/c1-17(2)13(19)6-8-18-9-7-16-14(18)11-4-3-5-12(15)10-11/h3-5,7,9-10H,6,8,15H2,1-2H3. The first-order valence-electron chi connectivity index (χ1n) is 6.15. The Kier molecular flexibility index (Phi) is 3.85. The number of nitrogens with two attached hydrogens (primary N) is 1. The number of rotatable bonds is 4. The van der Waals surface area contributed by atoms with Crippen LogP contribution in [0.15, 0.2) is 36.7 Å². The van der Waals surface area contributed by atoms with Crippen molar-refractivity contribution in [1.29, 1.82) is 0 Å². The minimum atomic E-state index is 0.104. The van der Waals surface area contributed by atoms with Gasteiger partial charge in [0.25, 0.3) is 0 Å². The minimum Gasteiger partial charge on any atom is -0.399 e. The quantitative estimate of drug-likeness (QED) is 0.847. The average Bonchev–Trinajstić information content (AvgIpc) is 2.84. The number of carbonyl (C=O) groups excluding carboxylic acids is 1. The number of aryl methyl sites for hydroxylation is 1. The molecule has 2 rings (SSSR count). The van der Waals surface area contributed by atoms with Gasteiger partial charge in [-0.1, -0.05) is 12.1 Å². The van der Waals surface area contributed by atoms with E-state index in [0.29, 0.717) is 18.7 Å². The second-order valence-electron chi connectivity index (χ2n) is 4.61. The molecule has 1 aromatic heterocycles. The number of nitrogens with zero attached hydrogens (tertiary/aromatic N) is 3. The highest BCUT2D eigenvalue weighted by molar-refractivity contribution is 5.75. The fourth-order valence-corrected chi connectivity index (χ4v) is 1.87. The summed E-state index contributed by atoms with van der Waals surface area (Å²) in [5.74, 6) is 0.936. The lowest BCUT2D eigenvalue weighted by Crippen LogP contribution is -2.22. The summed E-state index contributed by atoms with van der Waals surface area (Å²) in [7, 11) is 3.52. The minimum absolute atomic E-state index is 0.104. The molecule has 0 aliphatic heterocycles. The molecule has 19 heavy (non-hydrogen) atoms. The van der Waals surface area contributed by atoms with E-state index in [0.717, 1.165) is 11.4 Å². The van der Waals surface area contributed by atoms with Gasteiger partial charge in [-0.3, -0.25) is 4.79 Å². The topological polar surface area (TPSA) is 64.2 Å². The van der Waals surface area contributed by atoms with Crippen LogP contribution in [0.3, 0.4) is 0 Å². The number of benzene rings is 1. The van der Waals surface area contributed by atoms with Gasteiger partial charge in [0, 0.05) is 50.7 Å². The molecule has 1 heterocycles. The highest BCUT2D eigenvalue weighted by atomic mass is 16.2. The molecular weight excluding hydrogens is 240 g/mol. The highest BCUT2D eigenvalue weighted by Gasteiger charge is 2.09. The van der Waals surface area contributed by atoms with Crippen LogP contribution in [-0.4, -0.2) is 34.5 Å². The normalized spacial score (nSPS) is 10.4. The fourth-order valence-electron chi connectivity index (χ4n) is 1.87. The molecule has 1 amide bonds. The van der Waals surface area contributed by atoms with Gasteiger partial charge in [-0.2, -0.15) is 0 Å². The number of hydrogen-bond donors (Lipinski definition) is 1. The summed E-state index contributed by atoms with van der Waals surface area (Å²) < 4.78 is 1.97. The second kappa shape index (κ2) is 5.56. The number of amides is 1. The van der Waals surface area contributed by atoms with Gasteiger partial charge in [-0.05, 0) is 12.1 Å². The Morgan fingerprint density at radius 3 is 2.89 bits per heavy atom. The molecule has 5 heteroatoms. The molecular formula is C14H18N4O. The van der Waals surface area contributed by atoms with E-state index in [9.17, 15) is 4.79 Å². The molecule has 0 bridgehead atoms. The lowest BCUT2D eigenvalue weighted by atomic mass is 10.2. The van der Waals surface area contributed by atoms with Crippen molar-refractivity contribution in [3.63, 3.8) is 0 Å². The van der Waals surface area contributed by atoms with Crippen molar-refractivity contribution < 1.29 is 4.79 Å². The zero-order valence-corrected chi connectivity index (χ0v) is 11.2. The van der Waals surface area contributed by atoms with Crippen molar-refractivity contribution in [3.05, 3.63) is 36.7 Å². The van der Waals surface area contributed by atoms with E-state index in [4.69, 9.17) is 5.73 Å². The molecule has 100 valence electrons. The van der Waals surface area contributed by atoms with Crippen LogP contribution >= 0.6 is 0 Å². The second-order valence-corrected chi connectivity index (χ2v) is 4.61. The van der Waals surface area contributed by atoms with Gasteiger partial charge in [0.15, 0.2) is 0 Å². The third-order valence-corrected chi connectivity index (χ3v) is 2.93. The molecule has 0 radical (unpaired) electrons. The highest BCUT2D eigenvalue weighted by Crippen LogP contribution is 2.20. The number of carbonyl (C=O) groups is 1. The maximum absolute atomic E-state index is 11.6. The number of imidazole rings is 1. The maximum atomic E-state index is 11.6. The van der Waals surface area contributed by atoms with E-state index in [1.807, 2.05) is 35.0 Å². The number of aromatic nitrogens is 2. The Morgan fingerprint density at radius 2 is 2.21 bits per heavy atom. The molecule has 1 aromatic carbocycles. The van der Waals surface area contributed by atoms with Crippen molar-refractivity contribution in [2.24, 2.45) is 0 Å². The SMILES string of the molecule is CN(C)C(=O)CCn1ccnc1-c1cccc(N)c1. The molecule has 0 fully saturated rings. The van der Waals surface area contributed by atoms with Crippen LogP contribution < -0.4 is 5.73 Å². The van der Waals surface area contributed by atoms with Crippen LogP contribution in [0.1, 0.15) is 6.42 Å². The van der Waals surface area contributed by atoms with Crippen molar-refractivity contribution in [3.8, 4) is 11.4 Å². The van der Waals surface area contributed by atoms with Crippen molar-refractivity contribution in [1.82, 2.24) is 14.5 Å². The lowest BCUT2D eigenvalue weighted by Gasteiger charge is -2.12. The van der Waals surface area contributed by atoms with Crippen LogP contribution in [0.4, 0.5) is 5.69 Å². The smallest absolute Gasteiger partial charge is 0.223 e.